The average Bonchev–Trinajstić information content (AvgIpc) is 3.00. The third-order valence-corrected chi connectivity index (χ3v) is 4.57. The Labute approximate surface area is 154 Å². The van der Waals surface area contributed by atoms with Gasteiger partial charge in [0.15, 0.2) is 0 Å². The van der Waals surface area contributed by atoms with Crippen LogP contribution in [0.25, 0.3) is 0 Å². The molecule has 1 unspecified atom stereocenters. The average molecular weight is 357 g/mol. The fourth-order valence-electron chi connectivity index (χ4n) is 3.27. The van der Waals surface area contributed by atoms with Gasteiger partial charge in [0.05, 0.1) is 31.5 Å². The first-order valence-corrected chi connectivity index (χ1v) is 9.31. The van der Waals surface area contributed by atoms with E-state index in [-0.39, 0.29) is 12.0 Å². The minimum absolute atomic E-state index is 0.0180. The third-order valence-electron chi connectivity index (χ3n) is 4.57. The zero-order valence-corrected chi connectivity index (χ0v) is 15.6. The molecule has 0 saturated heterocycles. The van der Waals surface area contributed by atoms with E-state index in [0.29, 0.717) is 39.3 Å². The summed E-state index contributed by atoms with van der Waals surface area (Å²) in [5.74, 6) is 1.01. The van der Waals surface area contributed by atoms with Crippen molar-refractivity contribution < 1.29 is 14.3 Å². The lowest BCUT2D eigenvalue weighted by molar-refractivity contribution is -0.133. The fraction of sp³-hybridized carbons (Fsp3) is 0.500. The van der Waals surface area contributed by atoms with Crippen LogP contribution in [0.5, 0.6) is 5.75 Å². The Kier molecular flexibility index (Phi) is 6.28. The molecule has 1 aromatic carbocycles. The molecule has 140 valence electrons. The van der Waals surface area contributed by atoms with E-state index in [1.165, 1.54) is 0 Å². The van der Waals surface area contributed by atoms with Crippen molar-refractivity contribution in [1.29, 1.82) is 0 Å². The van der Waals surface area contributed by atoms with Crippen LogP contribution in [0.15, 0.2) is 36.5 Å². The van der Waals surface area contributed by atoms with Gasteiger partial charge in [0.2, 0.25) is 5.91 Å². The number of benzene rings is 1. The maximum absolute atomic E-state index is 12.8. The minimum Gasteiger partial charge on any atom is -0.494 e. The van der Waals surface area contributed by atoms with Gasteiger partial charge in [-0.15, -0.1) is 0 Å². The molecular weight excluding hydrogens is 330 g/mol. The lowest BCUT2D eigenvalue weighted by atomic mass is 10.1. The highest BCUT2D eigenvalue weighted by Crippen LogP contribution is 2.17. The predicted octanol–water partition coefficient (Wildman–Crippen LogP) is 2.66. The first-order valence-electron chi connectivity index (χ1n) is 9.31. The molecule has 0 radical (unpaired) electrons. The van der Waals surface area contributed by atoms with Crippen LogP contribution in [-0.2, 0) is 29.0 Å². The van der Waals surface area contributed by atoms with Gasteiger partial charge in [-0.05, 0) is 44.0 Å². The third kappa shape index (κ3) is 4.64. The van der Waals surface area contributed by atoms with Gasteiger partial charge in [0, 0.05) is 25.8 Å². The van der Waals surface area contributed by atoms with Crippen LogP contribution in [0, 0.1) is 0 Å². The predicted molar refractivity (Wildman–Crippen MR) is 99.0 cm³/mol. The number of carbonyl (C=O) groups is 1. The number of nitrogens with zero attached hydrogens (tertiary/aromatic N) is 3. The number of carbonyl (C=O) groups excluding carboxylic acids is 1. The quantitative estimate of drug-likeness (QED) is 0.764. The van der Waals surface area contributed by atoms with E-state index in [0.717, 1.165) is 23.4 Å². The molecule has 1 aliphatic rings. The summed E-state index contributed by atoms with van der Waals surface area (Å²) in [5, 5.41) is 4.35. The van der Waals surface area contributed by atoms with E-state index < -0.39 is 0 Å². The van der Waals surface area contributed by atoms with Gasteiger partial charge in [-0.25, -0.2) is 0 Å². The van der Waals surface area contributed by atoms with Crippen molar-refractivity contribution in [3.63, 3.8) is 0 Å². The van der Waals surface area contributed by atoms with Crippen LogP contribution < -0.4 is 4.74 Å². The number of hydrogen-bond acceptors (Lipinski definition) is 4. The van der Waals surface area contributed by atoms with E-state index in [4.69, 9.17) is 9.47 Å². The van der Waals surface area contributed by atoms with Crippen molar-refractivity contribution >= 4 is 5.91 Å². The Bertz CT molecular complexity index is 711. The standard InChI is InChI=1S/C20H27N3O3/c1-3-25-18-8-5-16(6-9-18)7-10-20(24)22-13-17-11-12-21-23(17)15-19(14-22)26-4-2/h5-6,8-9,11-12,19H,3-4,7,10,13-15H2,1-2H3. The Balaban J connectivity index is 1.60. The SMILES string of the molecule is CCOc1ccc(CCC(=O)N2Cc3ccnn3CC(OCC)C2)cc1. The largest absolute Gasteiger partial charge is 0.494 e. The first kappa shape index (κ1) is 18.5. The van der Waals surface area contributed by atoms with Crippen LogP contribution in [0.1, 0.15) is 31.5 Å². The molecule has 3 rings (SSSR count). The summed E-state index contributed by atoms with van der Waals surface area (Å²) in [7, 11) is 0. The molecule has 0 aliphatic carbocycles. The van der Waals surface area contributed by atoms with Crippen LogP contribution >= 0.6 is 0 Å². The Morgan fingerprint density at radius 1 is 1.15 bits per heavy atom. The molecule has 1 atom stereocenters. The topological polar surface area (TPSA) is 56.6 Å². The summed E-state index contributed by atoms with van der Waals surface area (Å²) in [4.78, 5) is 14.7. The molecule has 0 saturated carbocycles. The molecule has 1 aliphatic heterocycles. The number of ether oxygens (including phenoxy) is 2. The molecule has 0 bridgehead atoms. The maximum atomic E-state index is 12.8. The summed E-state index contributed by atoms with van der Waals surface area (Å²) in [6.45, 7) is 7.13. The molecule has 26 heavy (non-hydrogen) atoms. The van der Waals surface area contributed by atoms with Crippen molar-refractivity contribution in [1.82, 2.24) is 14.7 Å². The second-order valence-electron chi connectivity index (χ2n) is 6.43. The molecule has 0 fully saturated rings. The van der Waals surface area contributed by atoms with Crippen molar-refractivity contribution in [3.05, 3.63) is 47.8 Å². The summed E-state index contributed by atoms with van der Waals surface area (Å²) >= 11 is 0. The molecule has 2 aromatic rings. The number of amides is 1. The van der Waals surface area contributed by atoms with Gasteiger partial charge < -0.3 is 14.4 Å². The molecule has 1 aromatic heterocycles. The van der Waals surface area contributed by atoms with E-state index in [2.05, 4.69) is 5.10 Å². The van der Waals surface area contributed by atoms with E-state index in [9.17, 15) is 4.79 Å². The van der Waals surface area contributed by atoms with Crippen molar-refractivity contribution in [2.24, 2.45) is 0 Å². The monoisotopic (exact) mass is 357 g/mol. The lowest BCUT2D eigenvalue weighted by Crippen LogP contribution is -2.37. The fourth-order valence-corrected chi connectivity index (χ4v) is 3.27. The van der Waals surface area contributed by atoms with E-state index >= 15 is 0 Å². The normalized spacial score (nSPS) is 16.8. The van der Waals surface area contributed by atoms with Gasteiger partial charge in [-0.1, -0.05) is 12.1 Å². The number of rotatable bonds is 7. The second-order valence-corrected chi connectivity index (χ2v) is 6.43. The van der Waals surface area contributed by atoms with Crippen molar-refractivity contribution in [2.45, 2.75) is 45.9 Å². The summed E-state index contributed by atoms with van der Waals surface area (Å²) in [6.07, 6.45) is 2.98. The van der Waals surface area contributed by atoms with Gasteiger partial charge in [-0.2, -0.15) is 5.10 Å². The molecule has 6 heteroatoms. The highest BCUT2D eigenvalue weighted by atomic mass is 16.5. The molecule has 6 nitrogen and oxygen atoms in total. The number of fused-ring (bicyclic) bond motifs is 1. The van der Waals surface area contributed by atoms with Crippen molar-refractivity contribution in [2.75, 3.05) is 19.8 Å². The molecule has 0 N–H and O–H groups in total. The molecule has 0 spiro atoms. The van der Waals surface area contributed by atoms with E-state index in [1.54, 1.807) is 6.20 Å². The summed E-state index contributed by atoms with van der Waals surface area (Å²) in [5.41, 5.74) is 2.20. The minimum atomic E-state index is -0.0180. The Morgan fingerprint density at radius 2 is 1.96 bits per heavy atom. The molecule has 2 heterocycles. The van der Waals surface area contributed by atoms with Crippen LogP contribution in [-0.4, -0.2) is 46.5 Å². The molecular formula is C20H27N3O3. The van der Waals surface area contributed by atoms with Crippen LogP contribution in [0.2, 0.25) is 0 Å². The van der Waals surface area contributed by atoms with E-state index in [1.807, 2.05) is 53.8 Å². The highest BCUT2D eigenvalue weighted by molar-refractivity contribution is 5.76. The number of hydrogen-bond donors (Lipinski definition) is 0. The summed E-state index contributed by atoms with van der Waals surface area (Å²) < 4.78 is 13.2. The Hall–Kier alpha value is -2.34. The molecule has 1 amide bonds. The van der Waals surface area contributed by atoms with Gasteiger partial charge in [0.25, 0.3) is 0 Å². The van der Waals surface area contributed by atoms with Gasteiger partial charge in [0.1, 0.15) is 5.75 Å². The zero-order chi connectivity index (χ0) is 18.4. The van der Waals surface area contributed by atoms with Gasteiger partial charge in [-0.3, -0.25) is 9.48 Å². The number of aryl methyl sites for hydroxylation is 1. The maximum Gasteiger partial charge on any atom is 0.223 e. The lowest BCUT2D eigenvalue weighted by Gasteiger charge is -2.24. The van der Waals surface area contributed by atoms with Crippen LogP contribution in [0.4, 0.5) is 0 Å². The first-order chi connectivity index (χ1) is 12.7. The number of aromatic nitrogens is 2. The van der Waals surface area contributed by atoms with Crippen LogP contribution in [0.3, 0.4) is 0 Å². The van der Waals surface area contributed by atoms with Gasteiger partial charge >= 0.3 is 0 Å². The highest BCUT2D eigenvalue weighted by Gasteiger charge is 2.25. The van der Waals surface area contributed by atoms with Crippen molar-refractivity contribution in [3.8, 4) is 5.75 Å². The zero-order valence-electron chi connectivity index (χ0n) is 15.6. The smallest absolute Gasteiger partial charge is 0.223 e. The Morgan fingerprint density at radius 3 is 2.69 bits per heavy atom. The summed E-state index contributed by atoms with van der Waals surface area (Å²) in [6, 6.07) is 9.94. The second kappa shape index (κ2) is 8.85.